The Bertz CT molecular complexity index is 674. The van der Waals surface area contributed by atoms with Gasteiger partial charge in [-0.05, 0) is 37.0 Å². The maximum absolute atomic E-state index is 13.3. The molecule has 1 saturated carbocycles. The summed E-state index contributed by atoms with van der Waals surface area (Å²) in [5, 5.41) is 0.0956. The van der Waals surface area contributed by atoms with E-state index >= 15 is 0 Å². The van der Waals surface area contributed by atoms with Gasteiger partial charge in [0.25, 0.3) is 0 Å². The smallest absolute Gasteiger partial charge is 0.141 e. The van der Waals surface area contributed by atoms with E-state index in [0.29, 0.717) is 23.3 Å². The van der Waals surface area contributed by atoms with Crippen molar-refractivity contribution in [2.75, 3.05) is 5.73 Å². The molecule has 2 aromatic rings. The van der Waals surface area contributed by atoms with Crippen LogP contribution in [-0.4, -0.2) is 9.55 Å². The molecule has 0 unspecified atom stereocenters. The molecule has 1 aromatic heterocycles. The third kappa shape index (κ3) is 2.77. The summed E-state index contributed by atoms with van der Waals surface area (Å²) >= 11 is 5.87. The van der Waals surface area contributed by atoms with E-state index in [1.54, 1.807) is 12.1 Å². The predicted octanol–water partition coefficient (Wildman–Crippen LogP) is 4.46. The second-order valence-corrected chi connectivity index (χ2v) is 6.52. The summed E-state index contributed by atoms with van der Waals surface area (Å²) < 4.78 is 15.4. The third-order valence-corrected chi connectivity index (χ3v) is 4.01. The van der Waals surface area contributed by atoms with Gasteiger partial charge in [0.15, 0.2) is 0 Å². The molecule has 112 valence electrons. The maximum Gasteiger partial charge on any atom is 0.141 e. The minimum Gasteiger partial charge on any atom is -0.383 e. The van der Waals surface area contributed by atoms with Crippen LogP contribution in [0.5, 0.6) is 0 Å². The Kier molecular flexibility index (Phi) is 3.66. The molecule has 3 rings (SSSR count). The standard InChI is InChI=1S/C16H19ClFN3/c1-9(2)8-21-15(19)14(20-16(21)10-3-4-10)11-5-6-13(18)12(17)7-11/h5-7,9-10H,3-4,8,19H2,1-2H3. The van der Waals surface area contributed by atoms with Crippen molar-refractivity contribution in [1.29, 1.82) is 0 Å². The van der Waals surface area contributed by atoms with Gasteiger partial charge in [-0.1, -0.05) is 25.4 Å². The van der Waals surface area contributed by atoms with Crippen molar-refractivity contribution in [3.8, 4) is 11.3 Å². The van der Waals surface area contributed by atoms with Crippen LogP contribution in [0.1, 0.15) is 38.4 Å². The normalized spacial score (nSPS) is 14.9. The number of anilines is 1. The fraction of sp³-hybridized carbons (Fsp3) is 0.438. The minimum absolute atomic E-state index is 0.0956. The van der Waals surface area contributed by atoms with Crippen molar-refractivity contribution >= 4 is 17.4 Å². The van der Waals surface area contributed by atoms with Crippen LogP contribution in [0.15, 0.2) is 18.2 Å². The zero-order valence-electron chi connectivity index (χ0n) is 12.2. The van der Waals surface area contributed by atoms with Gasteiger partial charge in [-0.2, -0.15) is 0 Å². The Labute approximate surface area is 128 Å². The van der Waals surface area contributed by atoms with Crippen molar-refractivity contribution in [3.63, 3.8) is 0 Å². The fourth-order valence-corrected chi connectivity index (χ4v) is 2.73. The van der Waals surface area contributed by atoms with Gasteiger partial charge in [0, 0.05) is 18.0 Å². The lowest BCUT2D eigenvalue weighted by Crippen LogP contribution is -2.10. The highest BCUT2D eigenvalue weighted by Gasteiger charge is 2.31. The van der Waals surface area contributed by atoms with Crippen molar-refractivity contribution in [1.82, 2.24) is 9.55 Å². The molecule has 1 heterocycles. The molecule has 0 atom stereocenters. The predicted molar refractivity (Wildman–Crippen MR) is 83.9 cm³/mol. The number of hydrogen-bond acceptors (Lipinski definition) is 2. The van der Waals surface area contributed by atoms with Crippen molar-refractivity contribution in [3.05, 3.63) is 34.9 Å². The van der Waals surface area contributed by atoms with Gasteiger partial charge in [-0.15, -0.1) is 0 Å². The Morgan fingerprint density at radius 1 is 1.43 bits per heavy atom. The van der Waals surface area contributed by atoms with Crippen LogP contribution in [-0.2, 0) is 6.54 Å². The van der Waals surface area contributed by atoms with Gasteiger partial charge < -0.3 is 10.3 Å². The summed E-state index contributed by atoms with van der Waals surface area (Å²) in [4.78, 5) is 4.72. The Morgan fingerprint density at radius 3 is 2.71 bits per heavy atom. The summed E-state index contributed by atoms with van der Waals surface area (Å²) in [7, 11) is 0. The van der Waals surface area contributed by atoms with Crippen LogP contribution in [0, 0.1) is 11.7 Å². The lowest BCUT2D eigenvalue weighted by molar-refractivity contribution is 0.512. The Hall–Kier alpha value is -1.55. The molecule has 1 aliphatic carbocycles. The van der Waals surface area contributed by atoms with Crippen molar-refractivity contribution < 1.29 is 4.39 Å². The average Bonchev–Trinajstić information content (AvgIpc) is 3.21. The van der Waals surface area contributed by atoms with Gasteiger partial charge in [0.2, 0.25) is 0 Å². The average molecular weight is 308 g/mol. The number of benzene rings is 1. The van der Waals surface area contributed by atoms with E-state index in [-0.39, 0.29) is 5.02 Å². The summed E-state index contributed by atoms with van der Waals surface area (Å²) in [6.07, 6.45) is 2.33. The number of aromatic nitrogens is 2. The zero-order chi connectivity index (χ0) is 15.1. The Balaban J connectivity index is 2.07. The number of nitrogens with two attached hydrogens (primary N) is 1. The van der Waals surface area contributed by atoms with E-state index in [9.17, 15) is 4.39 Å². The molecule has 1 aromatic carbocycles. The number of imidazole rings is 1. The number of nitrogens with zero attached hydrogens (tertiary/aromatic N) is 2. The molecular weight excluding hydrogens is 289 g/mol. The summed E-state index contributed by atoms with van der Waals surface area (Å²) in [5.41, 5.74) is 7.78. The maximum atomic E-state index is 13.3. The van der Waals surface area contributed by atoms with Crippen LogP contribution in [0.25, 0.3) is 11.3 Å². The minimum atomic E-state index is -0.428. The lowest BCUT2D eigenvalue weighted by Gasteiger charge is -2.11. The molecule has 0 amide bonds. The molecule has 1 fully saturated rings. The molecule has 5 heteroatoms. The van der Waals surface area contributed by atoms with Crippen LogP contribution < -0.4 is 5.73 Å². The van der Waals surface area contributed by atoms with Gasteiger partial charge in [-0.3, -0.25) is 0 Å². The highest BCUT2D eigenvalue weighted by atomic mass is 35.5. The van der Waals surface area contributed by atoms with E-state index < -0.39 is 5.82 Å². The zero-order valence-corrected chi connectivity index (χ0v) is 13.0. The van der Waals surface area contributed by atoms with Crippen LogP contribution >= 0.6 is 11.6 Å². The number of rotatable bonds is 4. The van der Waals surface area contributed by atoms with Gasteiger partial charge >= 0.3 is 0 Å². The highest BCUT2D eigenvalue weighted by Crippen LogP contribution is 2.42. The second-order valence-electron chi connectivity index (χ2n) is 6.11. The summed E-state index contributed by atoms with van der Waals surface area (Å²) in [6, 6.07) is 4.62. The number of halogens is 2. The number of hydrogen-bond donors (Lipinski definition) is 1. The highest BCUT2D eigenvalue weighted by molar-refractivity contribution is 6.31. The van der Waals surface area contributed by atoms with Crippen molar-refractivity contribution in [2.24, 2.45) is 5.92 Å². The monoisotopic (exact) mass is 307 g/mol. The van der Waals surface area contributed by atoms with E-state index in [4.69, 9.17) is 22.3 Å². The van der Waals surface area contributed by atoms with E-state index in [0.717, 1.165) is 30.8 Å². The summed E-state index contributed by atoms with van der Waals surface area (Å²) in [5.74, 6) is 2.27. The lowest BCUT2D eigenvalue weighted by atomic mass is 10.1. The van der Waals surface area contributed by atoms with Gasteiger partial charge in [-0.25, -0.2) is 9.37 Å². The molecule has 3 nitrogen and oxygen atoms in total. The SMILES string of the molecule is CC(C)Cn1c(C2CC2)nc(-c2ccc(F)c(Cl)c2)c1N. The molecule has 0 bridgehead atoms. The van der Waals surface area contributed by atoms with Gasteiger partial charge in [0.1, 0.15) is 23.2 Å². The molecule has 2 N–H and O–H groups in total. The molecule has 0 aliphatic heterocycles. The second kappa shape index (κ2) is 5.34. The molecular formula is C16H19ClFN3. The van der Waals surface area contributed by atoms with Crippen LogP contribution in [0.3, 0.4) is 0 Å². The topological polar surface area (TPSA) is 43.8 Å². The quantitative estimate of drug-likeness (QED) is 0.906. The first-order valence-electron chi connectivity index (χ1n) is 7.28. The van der Waals surface area contributed by atoms with E-state index in [2.05, 4.69) is 18.4 Å². The molecule has 0 spiro atoms. The van der Waals surface area contributed by atoms with Crippen LogP contribution in [0.4, 0.5) is 10.2 Å². The fourth-order valence-electron chi connectivity index (χ4n) is 2.55. The van der Waals surface area contributed by atoms with Crippen molar-refractivity contribution in [2.45, 2.75) is 39.2 Å². The molecule has 21 heavy (non-hydrogen) atoms. The number of nitrogen functional groups attached to an aromatic ring is 1. The largest absolute Gasteiger partial charge is 0.383 e. The first kappa shape index (κ1) is 14.4. The molecule has 0 saturated heterocycles. The Morgan fingerprint density at radius 2 is 2.14 bits per heavy atom. The first-order valence-corrected chi connectivity index (χ1v) is 7.66. The van der Waals surface area contributed by atoms with E-state index in [1.807, 2.05) is 0 Å². The van der Waals surface area contributed by atoms with Gasteiger partial charge in [0.05, 0.1) is 5.02 Å². The van der Waals surface area contributed by atoms with Crippen LogP contribution in [0.2, 0.25) is 5.02 Å². The molecule has 1 aliphatic rings. The first-order chi connectivity index (χ1) is 9.97. The van der Waals surface area contributed by atoms with E-state index in [1.165, 1.54) is 6.07 Å². The molecule has 0 radical (unpaired) electrons. The summed E-state index contributed by atoms with van der Waals surface area (Å²) in [6.45, 7) is 5.16. The third-order valence-electron chi connectivity index (χ3n) is 3.72.